The largest absolute Gasteiger partial charge is 0.507 e. The van der Waals surface area contributed by atoms with Gasteiger partial charge in [-0.05, 0) is 59.0 Å². The molecule has 0 aromatic heterocycles. The number of halogens is 2. The number of nitrogens with one attached hydrogen (secondary N) is 1. The van der Waals surface area contributed by atoms with E-state index in [0.29, 0.717) is 16.3 Å². The van der Waals surface area contributed by atoms with Gasteiger partial charge in [-0.1, -0.05) is 17.7 Å². The summed E-state index contributed by atoms with van der Waals surface area (Å²) in [6, 6.07) is 11.8. The van der Waals surface area contributed by atoms with Crippen LogP contribution in [-0.2, 0) is 4.79 Å². The highest BCUT2D eigenvalue weighted by molar-refractivity contribution is 14.1. The molecule has 0 atom stereocenters. The van der Waals surface area contributed by atoms with Gasteiger partial charge in [0.05, 0.1) is 6.21 Å². The van der Waals surface area contributed by atoms with Crippen molar-refractivity contribution >= 4 is 46.3 Å². The molecule has 1 amide bonds. The van der Waals surface area contributed by atoms with E-state index in [9.17, 15) is 9.90 Å². The highest BCUT2D eigenvalue weighted by Crippen LogP contribution is 2.18. The standard InChI is InChI=1S/C15H12ClIN2O3/c16-11-2-1-3-13(7-11)22-9-15(21)19-18-8-10-6-12(17)4-5-14(10)20/h1-8,20H,9H2,(H,19,21). The minimum absolute atomic E-state index is 0.0913. The number of hydrogen-bond donors (Lipinski definition) is 2. The molecule has 0 bridgehead atoms. The van der Waals surface area contributed by atoms with Crippen LogP contribution in [0.2, 0.25) is 5.02 Å². The van der Waals surface area contributed by atoms with E-state index < -0.39 is 5.91 Å². The highest BCUT2D eigenvalue weighted by Gasteiger charge is 2.02. The number of phenolic OH excluding ortho intramolecular Hbond substituents is 1. The second-order valence-corrected chi connectivity index (χ2v) is 5.92. The lowest BCUT2D eigenvalue weighted by molar-refractivity contribution is -0.123. The molecule has 2 N–H and O–H groups in total. The molecule has 2 rings (SSSR count). The molecule has 114 valence electrons. The molecule has 2 aromatic rings. The zero-order valence-electron chi connectivity index (χ0n) is 11.3. The second-order valence-electron chi connectivity index (χ2n) is 4.24. The number of carbonyl (C=O) groups is 1. The number of carbonyl (C=O) groups excluding carboxylic acids is 1. The van der Waals surface area contributed by atoms with Crippen molar-refractivity contribution in [3.05, 3.63) is 56.6 Å². The Hall–Kier alpha value is -1.80. The molecule has 0 unspecified atom stereocenters. The van der Waals surface area contributed by atoms with E-state index in [-0.39, 0.29) is 12.4 Å². The van der Waals surface area contributed by atoms with Gasteiger partial charge in [0, 0.05) is 14.2 Å². The van der Waals surface area contributed by atoms with Gasteiger partial charge >= 0.3 is 0 Å². The first-order chi connectivity index (χ1) is 10.5. The van der Waals surface area contributed by atoms with Crippen molar-refractivity contribution < 1.29 is 14.6 Å². The Balaban J connectivity index is 1.85. The summed E-state index contributed by atoms with van der Waals surface area (Å²) in [5, 5.41) is 13.9. The monoisotopic (exact) mass is 430 g/mol. The van der Waals surface area contributed by atoms with E-state index in [4.69, 9.17) is 16.3 Å². The van der Waals surface area contributed by atoms with Gasteiger partial charge in [0.2, 0.25) is 0 Å². The summed E-state index contributed by atoms with van der Waals surface area (Å²) in [7, 11) is 0. The van der Waals surface area contributed by atoms with Gasteiger partial charge in [0.25, 0.3) is 5.91 Å². The number of ether oxygens (including phenoxy) is 1. The van der Waals surface area contributed by atoms with Crippen molar-refractivity contribution in [3.63, 3.8) is 0 Å². The molecular weight excluding hydrogens is 419 g/mol. The van der Waals surface area contributed by atoms with Crippen LogP contribution in [0.15, 0.2) is 47.6 Å². The predicted molar refractivity (Wildman–Crippen MR) is 93.5 cm³/mol. The summed E-state index contributed by atoms with van der Waals surface area (Å²) in [6.45, 7) is -0.185. The minimum Gasteiger partial charge on any atom is -0.507 e. The minimum atomic E-state index is -0.415. The highest BCUT2D eigenvalue weighted by atomic mass is 127. The summed E-state index contributed by atoms with van der Waals surface area (Å²) in [6.07, 6.45) is 1.37. The van der Waals surface area contributed by atoms with Gasteiger partial charge in [0.15, 0.2) is 6.61 Å². The Morgan fingerprint density at radius 1 is 1.36 bits per heavy atom. The van der Waals surface area contributed by atoms with E-state index in [1.165, 1.54) is 6.21 Å². The molecule has 7 heteroatoms. The van der Waals surface area contributed by atoms with Crippen LogP contribution < -0.4 is 10.2 Å². The van der Waals surface area contributed by atoms with E-state index in [0.717, 1.165) is 3.57 Å². The first-order valence-corrected chi connectivity index (χ1v) is 7.69. The van der Waals surface area contributed by atoms with Gasteiger partial charge < -0.3 is 9.84 Å². The fourth-order valence-corrected chi connectivity index (χ4v) is 2.24. The molecule has 5 nitrogen and oxygen atoms in total. The normalized spacial score (nSPS) is 10.6. The Bertz CT molecular complexity index is 707. The summed E-state index contributed by atoms with van der Waals surface area (Å²) < 4.78 is 6.22. The first kappa shape index (κ1) is 16.6. The van der Waals surface area contributed by atoms with Gasteiger partial charge in [-0.3, -0.25) is 4.79 Å². The summed E-state index contributed by atoms with van der Waals surface area (Å²) >= 11 is 7.93. The smallest absolute Gasteiger partial charge is 0.277 e. The SMILES string of the molecule is O=C(COc1cccc(Cl)c1)NN=Cc1cc(I)ccc1O. The third-order valence-electron chi connectivity index (χ3n) is 2.55. The molecule has 22 heavy (non-hydrogen) atoms. The van der Waals surface area contributed by atoms with Gasteiger partial charge in [-0.15, -0.1) is 0 Å². The third-order valence-corrected chi connectivity index (χ3v) is 3.45. The molecule has 0 saturated carbocycles. The Labute approximate surface area is 146 Å². The number of hydrazone groups is 1. The van der Waals surface area contributed by atoms with Crippen LogP contribution in [0.1, 0.15) is 5.56 Å². The molecule has 0 aliphatic heterocycles. The molecule has 2 aromatic carbocycles. The van der Waals surface area contributed by atoms with Crippen molar-refractivity contribution in [2.45, 2.75) is 0 Å². The lowest BCUT2D eigenvalue weighted by Gasteiger charge is -2.05. The fourth-order valence-electron chi connectivity index (χ4n) is 1.54. The number of nitrogens with zero attached hydrogens (tertiary/aromatic N) is 1. The van der Waals surface area contributed by atoms with E-state index in [2.05, 4.69) is 33.1 Å². The number of aromatic hydroxyl groups is 1. The van der Waals surface area contributed by atoms with Crippen molar-refractivity contribution in [2.24, 2.45) is 5.10 Å². The lowest BCUT2D eigenvalue weighted by Crippen LogP contribution is -2.24. The average molecular weight is 431 g/mol. The number of hydrogen-bond acceptors (Lipinski definition) is 4. The van der Waals surface area contributed by atoms with Gasteiger partial charge in [0.1, 0.15) is 11.5 Å². The summed E-state index contributed by atoms with van der Waals surface area (Å²) in [5.74, 6) is 0.178. The summed E-state index contributed by atoms with van der Waals surface area (Å²) in [4.78, 5) is 11.6. The third kappa shape index (κ3) is 5.19. The number of phenols is 1. The zero-order valence-corrected chi connectivity index (χ0v) is 14.2. The quantitative estimate of drug-likeness (QED) is 0.435. The Kier molecular flexibility index (Phi) is 6.02. The molecule has 0 aliphatic carbocycles. The number of rotatable bonds is 5. The second kappa shape index (κ2) is 8.00. The van der Waals surface area contributed by atoms with Crippen molar-refractivity contribution in [1.29, 1.82) is 0 Å². The van der Waals surface area contributed by atoms with Crippen LogP contribution in [0, 0.1) is 3.57 Å². The maximum absolute atomic E-state index is 11.6. The van der Waals surface area contributed by atoms with Gasteiger partial charge in [-0.25, -0.2) is 5.43 Å². The van der Waals surface area contributed by atoms with Crippen LogP contribution in [0.5, 0.6) is 11.5 Å². The molecule has 0 saturated heterocycles. The summed E-state index contributed by atoms with van der Waals surface area (Å²) in [5.41, 5.74) is 2.84. The topological polar surface area (TPSA) is 70.9 Å². The van der Waals surface area contributed by atoms with Crippen molar-refractivity contribution in [1.82, 2.24) is 5.43 Å². The predicted octanol–water partition coefficient (Wildman–Crippen LogP) is 3.18. The van der Waals surface area contributed by atoms with Crippen LogP contribution in [0.3, 0.4) is 0 Å². The molecule has 0 heterocycles. The zero-order chi connectivity index (χ0) is 15.9. The van der Waals surface area contributed by atoms with Gasteiger partial charge in [-0.2, -0.15) is 5.10 Å². The maximum Gasteiger partial charge on any atom is 0.277 e. The van der Waals surface area contributed by atoms with Crippen molar-refractivity contribution in [3.8, 4) is 11.5 Å². The molecule has 0 spiro atoms. The lowest BCUT2D eigenvalue weighted by atomic mass is 10.2. The van der Waals surface area contributed by atoms with Crippen LogP contribution >= 0.6 is 34.2 Å². The van der Waals surface area contributed by atoms with Crippen LogP contribution in [0.25, 0.3) is 0 Å². The molecule has 0 radical (unpaired) electrons. The molecule has 0 fully saturated rings. The molecule has 0 aliphatic rings. The Morgan fingerprint density at radius 2 is 2.18 bits per heavy atom. The average Bonchev–Trinajstić information content (AvgIpc) is 2.49. The maximum atomic E-state index is 11.6. The number of amides is 1. The van der Waals surface area contributed by atoms with Crippen LogP contribution in [0.4, 0.5) is 0 Å². The fraction of sp³-hybridized carbons (Fsp3) is 0.0667. The first-order valence-electron chi connectivity index (χ1n) is 6.23. The van der Waals surface area contributed by atoms with E-state index in [1.807, 2.05) is 0 Å². The number of benzene rings is 2. The van der Waals surface area contributed by atoms with E-state index in [1.54, 1.807) is 42.5 Å². The van der Waals surface area contributed by atoms with Crippen LogP contribution in [-0.4, -0.2) is 23.8 Å². The van der Waals surface area contributed by atoms with Crippen molar-refractivity contribution in [2.75, 3.05) is 6.61 Å². The molecular formula is C15H12ClIN2O3. The Morgan fingerprint density at radius 3 is 2.95 bits per heavy atom. The van der Waals surface area contributed by atoms with E-state index >= 15 is 0 Å².